The molecule has 6 rings (SSSR count). The average Bonchev–Trinajstić information content (AvgIpc) is 2.98. The van der Waals surface area contributed by atoms with Crippen molar-refractivity contribution in [3.05, 3.63) is 78.2 Å². The van der Waals surface area contributed by atoms with E-state index in [1.54, 1.807) is 6.92 Å². The lowest BCUT2D eigenvalue weighted by Gasteiger charge is -2.36. The number of aliphatic carboxylic acids is 1. The van der Waals surface area contributed by atoms with Crippen LogP contribution in [-0.4, -0.2) is 62.0 Å². The van der Waals surface area contributed by atoms with Crippen LogP contribution in [0.25, 0.3) is 22.0 Å². The molecule has 0 radical (unpaired) electrons. The van der Waals surface area contributed by atoms with Crippen molar-refractivity contribution in [2.24, 2.45) is 0 Å². The van der Waals surface area contributed by atoms with Gasteiger partial charge in [-0.05, 0) is 67.5 Å². The average molecular weight is 551 g/mol. The van der Waals surface area contributed by atoms with E-state index >= 15 is 0 Å². The van der Waals surface area contributed by atoms with E-state index in [0.29, 0.717) is 19.0 Å². The number of benzene rings is 2. The number of amides is 1. The minimum atomic E-state index is -0.815. The monoisotopic (exact) mass is 550 g/mol. The Balaban J connectivity index is 1.10. The first-order valence-electron chi connectivity index (χ1n) is 14.2. The van der Waals surface area contributed by atoms with Crippen molar-refractivity contribution in [1.29, 1.82) is 0 Å². The third-order valence-corrected chi connectivity index (χ3v) is 8.19. The van der Waals surface area contributed by atoms with Gasteiger partial charge in [0.2, 0.25) is 11.9 Å². The number of carbonyl (C=O) groups is 2. The number of carboxylic acids is 1. The predicted octanol–water partition coefficient (Wildman–Crippen LogP) is 4.91. The summed E-state index contributed by atoms with van der Waals surface area (Å²) < 4.78 is 0. The predicted molar refractivity (Wildman–Crippen MR) is 159 cm³/mol. The van der Waals surface area contributed by atoms with E-state index in [2.05, 4.69) is 38.5 Å². The molecule has 0 bridgehead atoms. The fourth-order valence-corrected chi connectivity index (χ4v) is 6.12. The molecule has 1 fully saturated rings. The summed E-state index contributed by atoms with van der Waals surface area (Å²) in [6.07, 6.45) is 8.17. The maximum absolute atomic E-state index is 12.8. The number of aromatic nitrogens is 3. The van der Waals surface area contributed by atoms with Crippen LogP contribution >= 0.6 is 0 Å². The largest absolute Gasteiger partial charge is 0.480 e. The third kappa shape index (κ3) is 6.05. The Morgan fingerprint density at radius 2 is 1.78 bits per heavy atom. The number of nitrogens with zero attached hydrogens (tertiary/aromatic N) is 5. The van der Waals surface area contributed by atoms with Crippen molar-refractivity contribution in [3.63, 3.8) is 0 Å². The number of rotatable bonds is 7. The van der Waals surface area contributed by atoms with Crippen LogP contribution in [0.4, 0.5) is 11.6 Å². The number of para-hydroxylation sites is 1. The Hall–Kier alpha value is -4.37. The summed E-state index contributed by atoms with van der Waals surface area (Å²) >= 11 is 0. The Morgan fingerprint density at radius 1 is 1.00 bits per heavy atom. The Labute approximate surface area is 239 Å². The Kier molecular flexibility index (Phi) is 7.61. The van der Waals surface area contributed by atoms with Crippen LogP contribution < -0.4 is 10.2 Å². The van der Waals surface area contributed by atoms with Crippen molar-refractivity contribution in [1.82, 2.24) is 19.9 Å². The highest BCUT2D eigenvalue weighted by Crippen LogP contribution is 2.31. The molecular weight excluding hydrogens is 516 g/mol. The lowest BCUT2D eigenvalue weighted by atomic mass is 9.89. The SMILES string of the molecule is CC(=O)N(c1ccc(-c2cnc3c(c2)CCN(CC(=O)O)C3)cc1)C1CCC(Nc2ncc3ccccc3n2)CC1. The molecule has 41 heavy (non-hydrogen) atoms. The zero-order chi connectivity index (χ0) is 28.3. The van der Waals surface area contributed by atoms with E-state index < -0.39 is 5.97 Å². The molecule has 1 amide bonds. The minimum Gasteiger partial charge on any atom is -0.480 e. The van der Waals surface area contributed by atoms with Crippen LogP contribution in [0, 0.1) is 0 Å². The van der Waals surface area contributed by atoms with Gasteiger partial charge in [-0.2, -0.15) is 0 Å². The summed E-state index contributed by atoms with van der Waals surface area (Å²) in [5.74, 6) is -0.112. The molecule has 9 nitrogen and oxygen atoms in total. The van der Waals surface area contributed by atoms with Crippen molar-refractivity contribution >= 4 is 34.4 Å². The number of hydrogen-bond donors (Lipinski definition) is 2. The number of nitrogens with one attached hydrogen (secondary N) is 1. The van der Waals surface area contributed by atoms with Gasteiger partial charge in [-0.25, -0.2) is 9.97 Å². The fraction of sp³-hybridized carbons (Fsp3) is 0.344. The molecule has 1 aliphatic heterocycles. The van der Waals surface area contributed by atoms with Gasteiger partial charge in [0.25, 0.3) is 0 Å². The molecule has 210 valence electrons. The highest BCUT2D eigenvalue weighted by Gasteiger charge is 2.29. The molecule has 0 atom stereocenters. The normalized spacial score (nSPS) is 19.0. The quantitative estimate of drug-likeness (QED) is 0.334. The van der Waals surface area contributed by atoms with Gasteiger partial charge in [0.15, 0.2) is 0 Å². The summed E-state index contributed by atoms with van der Waals surface area (Å²) in [5, 5.41) is 13.6. The summed E-state index contributed by atoms with van der Waals surface area (Å²) in [6.45, 7) is 2.95. The van der Waals surface area contributed by atoms with Gasteiger partial charge in [-0.15, -0.1) is 0 Å². The molecule has 2 aromatic heterocycles. The lowest BCUT2D eigenvalue weighted by molar-refractivity contribution is -0.138. The zero-order valence-electron chi connectivity index (χ0n) is 23.2. The molecule has 1 aliphatic carbocycles. The van der Waals surface area contributed by atoms with Gasteiger partial charge in [0.05, 0.1) is 17.8 Å². The van der Waals surface area contributed by atoms with Crippen LogP contribution in [0.15, 0.2) is 67.0 Å². The second-order valence-corrected chi connectivity index (χ2v) is 11.0. The standard InChI is InChI=1S/C32H34N6O3/c1-21(39)38(28-12-8-26(9-13-28)35-32-34-17-24-4-2-3-5-29(24)36-32)27-10-6-22(7-11-27)25-16-23-14-15-37(20-31(40)41)19-30(23)33-18-25/h2-7,10-11,16-18,26,28H,8-9,12-15,19-20H2,1H3,(H,40,41)(H,34,35,36). The van der Waals surface area contributed by atoms with Crippen LogP contribution in [-0.2, 0) is 22.6 Å². The summed E-state index contributed by atoms with van der Waals surface area (Å²) in [6, 6.07) is 18.7. The summed E-state index contributed by atoms with van der Waals surface area (Å²) in [7, 11) is 0. The molecule has 2 N–H and O–H groups in total. The Bertz CT molecular complexity index is 1570. The molecule has 2 aliphatic rings. The fourth-order valence-electron chi connectivity index (χ4n) is 6.12. The molecule has 2 aromatic carbocycles. The van der Waals surface area contributed by atoms with E-state index in [0.717, 1.165) is 71.1 Å². The first-order chi connectivity index (χ1) is 19.9. The topological polar surface area (TPSA) is 112 Å². The van der Waals surface area contributed by atoms with Gasteiger partial charge in [-0.1, -0.05) is 30.3 Å². The molecule has 3 heterocycles. The maximum Gasteiger partial charge on any atom is 0.317 e. The zero-order valence-corrected chi connectivity index (χ0v) is 23.2. The van der Waals surface area contributed by atoms with E-state index in [4.69, 9.17) is 5.11 Å². The van der Waals surface area contributed by atoms with Crippen LogP contribution in [0.3, 0.4) is 0 Å². The number of carboxylic acid groups (broad SMARTS) is 1. The Morgan fingerprint density at radius 3 is 2.54 bits per heavy atom. The first kappa shape index (κ1) is 26.8. The number of hydrogen-bond acceptors (Lipinski definition) is 7. The number of anilines is 2. The van der Waals surface area contributed by atoms with E-state index in [9.17, 15) is 9.59 Å². The van der Waals surface area contributed by atoms with Gasteiger partial charge in [0.1, 0.15) is 0 Å². The van der Waals surface area contributed by atoms with Crippen LogP contribution in [0.1, 0.15) is 43.9 Å². The van der Waals surface area contributed by atoms with E-state index in [1.165, 1.54) is 0 Å². The van der Waals surface area contributed by atoms with Crippen molar-refractivity contribution in [2.75, 3.05) is 23.3 Å². The summed E-state index contributed by atoms with van der Waals surface area (Å²) in [4.78, 5) is 41.5. The molecule has 4 aromatic rings. The maximum atomic E-state index is 12.8. The molecule has 0 saturated heterocycles. The lowest BCUT2D eigenvalue weighted by Crippen LogP contribution is -2.43. The van der Waals surface area contributed by atoms with Gasteiger partial charge >= 0.3 is 5.97 Å². The molecule has 1 saturated carbocycles. The highest BCUT2D eigenvalue weighted by atomic mass is 16.4. The van der Waals surface area contributed by atoms with Gasteiger partial charge in [-0.3, -0.25) is 19.5 Å². The van der Waals surface area contributed by atoms with E-state index in [1.807, 2.05) is 58.6 Å². The van der Waals surface area contributed by atoms with Crippen molar-refractivity contribution < 1.29 is 14.7 Å². The number of pyridine rings is 1. The summed E-state index contributed by atoms with van der Waals surface area (Å²) in [5.41, 5.74) is 6.02. The molecular formula is C32H34N6O3. The number of fused-ring (bicyclic) bond motifs is 2. The highest BCUT2D eigenvalue weighted by molar-refractivity contribution is 5.92. The molecule has 0 unspecified atom stereocenters. The first-order valence-corrected chi connectivity index (χ1v) is 14.2. The smallest absolute Gasteiger partial charge is 0.317 e. The van der Waals surface area contributed by atoms with Gasteiger partial charge < -0.3 is 15.3 Å². The minimum absolute atomic E-state index is 0.0357. The van der Waals surface area contributed by atoms with E-state index in [-0.39, 0.29) is 24.5 Å². The molecule has 0 spiro atoms. The van der Waals surface area contributed by atoms with Crippen molar-refractivity contribution in [2.45, 2.75) is 57.7 Å². The number of carbonyl (C=O) groups excluding carboxylic acids is 1. The molecule has 9 heteroatoms. The van der Waals surface area contributed by atoms with Gasteiger partial charge in [0, 0.05) is 61.1 Å². The second kappa shape index (κ2) is 11.6. The van der Waals surface area contributed by atoms with Crippen LogP contribution in [0.5, 0.6) is 0 Å². The second-order valence-electron chi connectivity index (χ2n) is 11.0. The van der Waals surface area contributed by atoms with Crippen molar-refractivity contribution in [3.8, 4) is 11.1 Å². The van der Waals surface area contributed by atoms with Crippen LogP contribution in [0.2, 0.25) is 0 Å². The third-order valence-electron chi connectivity index (χ3n) is 8.19.